The summed E-state index contributed by atoms with van der Waals surface area (Å²) in [5, 5.41) is 14.1. The molecule has 1 N–H and O–H groups in total. The summed E-state index contributed by atoms with van der Waals surface area (Å²) in [6.45, 7) is 7.92. The zero-order chi connectivity index (χ0) is 12.4. The molecule has 4 nitrogen and oxygen atoms in total. The molecule has 0 amide bonds. The van der Waals surface area contributed by atoms with Crippen LogP contribution in [0.5, 0.6) is 0 Å². The van der Waals surface area contributed by atoms with Crippen LogP contribution in [0.4, 0.5) is 0 Å². The van der Waals surface area contributed by atoms with Crippen LogP contribution < -0.4 is 5.32 Å². The van der Waals surface area contributed by atoms with Gasteiger partial charge in [-0.1, -0.05) is 0 Å². The Morgan fingerprint density at radius 2 is 2.11 bits per heavy atom. The van der Waals surface area contributed by atoms with E-state index >= 15 is 0 Å². The van der Waals surface area contributed by atoms with E-state index in [9.17, 15) is 0 Å². The highest BCUT2D eigenvalue weighted by atomic mass is 32.1. The highest BCUT2D eigenvalue weighted by Crippen LogP contribution is 2.38. The second-order valence-electron chi connectivity index (χ2n) is 5.78. The molecule has 0 aliphatic carbocycles. The second kappa shape index (κ2) is 5.23. The van der Waals surface area contributed by atoms with Gasteiger partial charge in [-0.15, -0.1) is 21.5 Å². The number of hydrogen-bond acceptors (Lipinski definition) is 5. The van der Waals surface area contributed by atoms with Crippen molar-refractivity contribution in [2.45, 2.75) is 39.2 Å². The van der Waals surface area contributed by atoms with Crippen molar-refractivity contribution in [1.29, 1.82) is 0 Å². The summed E-state index contributed by atoms with van der Waals surface area (Å²) >= 11 is 1.74. The predicted octanol–water partition coefficient (Wildman–Crippen LogP) is 1.81. The lowest BCUT2D eigenvalue weighted by Gasteiger charge is -2.45. The average Bonchev–Trinajstić information content (AvgIpc) is 2.76. The van der Waals surface area contributed by atoms with Crippen molar-refractivity contribution in [2.75, 3.05) is 26.2 Å². The highest BCUT2D eigenvalue weighted by Gasteiger charge is 2.36. The molecule has 18 heavy (non-hydrogen) atoms. The van der Waals surface area contributed by atoms with Crippen molar-refractivity contribution in [1.82, 2.24) is 20.4 Å². The number of hydrogen-bond donors (Lipinski definition) is 1. The quantitative estimate of drug-likeness (QED) is 0.886. The van der Waals surface area contributed by atoms with Gasteiger partial charge in [-0.3, -0.25) is 4.90 Å². The topological polar surface area (TPSA) is 41.1 Å². The van der Waals surface area contributed by atoms with Crippen LogP contribution in [0.25, 0.3) is 0 Å². The third kappa shape index (κ3) is 2.73. The molecule has 1 aromatic heterocycles. The Balaban J connectivity index is 1.63. The predicted molar refractivity (Wildman–Crippen MR) is 73.7 cm³/mol. The maximum Gasteiger partial charge on any atom is 0.131 e. The molecule has 2 aliphatic rings. The molecule has 0 atom stereocenters. The van der Waals surface area contributed by atoms with Gasteiger partial charge in [0.2, 0.25) is 0 Å². The third-order valence-electron chi connectivity index (χ3n) is 4.33. The second-order valence-corrected chi connectivity index (χ2v) is 7.05. The minimum atomic E-state index is 0.587. The molecule has 3 rings (SSSR count). The maximum atomic E-state index is 4.26. The van der Waals surface area contributed by atoms with Gasteiger partial charge in [-0.25, -0.2) is 0 Å². The summed E-state index contributed by atoms with van der Waals surface area (Å²) in [5.41, 5.74) is 0.587. The maximum absolute atomic E-state index is 4.26. The summed E-state index contributed by atoms with van der Waals surface area (Å²) in [6, 6.07) is 0. The van der Waals surface area contributed by atoms with Gasteiger partial charge >= 0.3 is 0 Å². The van der Waals surface area contributed by atoms with E-state index < -0.39 is 0 Å². The van der Waals surface area contributed by atoms with Crippen molar-refractivity contribution in [3.8, 4) is 0 Å². The van der Waals surface area contributed by atoms with Crippen LogP contribution in [-0.4, -0.2) is 41.3 Å². The zero-order valence-corrected chi connectivity index (χ0v) is 11.9. The van der Waals surface area contributed by atoms with Crippen LogP contribution in [0.3, 0.4) is 0 Å². The largest absolute Gasteiger partial charge is 0.317 e. The molecular formula is C13H22N4S. The van der Waals surface area contributed by atoms with E-state index in [1.807, 2.05) is 6.92 Å². The van der Waals surface area contributed by atoms with Gasteiger partial charge in [0.15, 0.2) is 0 Å². The number of aryl methyl sites for hydroxylation is 1. The van der Waals surface area contributed by atoms with Gasteiger partial charge in [0, 0.05) is 6.54 Å². The third-order valence-corrected chi connectivity index (χ3v) is 5.15. The lowest BCUT2D eigenvalue weighted by molar-refractivity contribution is 0.0550. The van der Waals surface area contributed by atoms with Gasteiger partial charge < -0.3 is 5.32 Å². The summed E-state index contributed by atoms with van der Waals surface area (Å²) in [4.78, 5) is 2.59. The molecule has 0 aromatic carbocycles. The van der Waals surface area contributed by atoms with Crippen LogP contribution in [-0.2, 0) is 6.54 Å². The van der Waals surface area contributed by atoms with Crippen molar-refractivity contribution >= 4 is 11.3 Å². The van der Waals surface area contributed by atoms with Crippen molar-refractivity contribution in [2.24, 2.45) is 5.41 Å². The molecule has 0 unspecified atom stereocenters. The molecule has 0 bridgehead atoms. The van der Waals surface area contributed by atoms with Gasteiger partial charge in [0.05, 0.1) is 6.54 Å². The fraction of sp³-hybridized carbons (Fsp3) is 0.846. The normalized spacial score (nSPS) is 24.5. The Kier molecular flexibility index (Phi) is 3.63. The summed E-state index contributed by atoms with van der Waals surface area (Å²) < 4.78 is 0. The Bertz CT molecular complexity index is 392. The molecule has 2 aliphatic heterocycles. The van der Waals surface area contributed by atoms with Gasteiger partial charge in [0.1, 0.15) is 10.0 Å². The lowest BCUT2D eigenvalue weighted by atomic mass is 9.73. The standard InChI is InChI=1S/C13H22N4S/c1-11-15-16-12(18-11)9-17-8-2-3-13(10-17)4-6-14-7-5-13/h14H,2-10H2,1H3. The number of rotatable bonds is 2. The average molecular weight is 266 g/mol. The fourth-order valence-corrected chi connectivity index (χ4v) is 4.15. The first-order chi connectivity index (χ1) is 8.76. The van der Waals surface area contributed by atoms with Crippen molar-refractivity contribution < 1.29 is 0 Å². The Morgan fingerprint density at radius 3 is 2.83 bits per heavy atom. The van der Waals surface area contributed by atoms with Gasteiger partial charge in [-0.05, 0) is 57.7 Å². The van der Waals surface area contributed by atoms with Crippen molar-refractivity contribution in [3.63, 3.8) is 0 Å². The summed E-state index contributed by atoms with van der Waals surface area (Å²) in [5.74, 6) is 0. The van der Waals surface area contributed by atoms with Crippen LogP contribution in [0.1, 0.15) is 35.7 Å². The van der Waals surface area contributed by atoms with E-state index in [1.54, 1.807) is 11.3 Å². The Morgan fingerprint density at radius 1 is 1.28 bits per heavy atom. The number of nitrogens with zero attached hydrogens (tertiary/aromatic N) is 3. The molecular weight excluding hydrogens is 244 g/mol. The van der Waals surface area contributed by atoms with Gasteiger partial charge in [-0.2, -0.15) is 0 Å². The summed E-state index contributed by atoms with van der Waals surface area (Å²) in [7, 11) is 0. The Hall–Kier alpha value is -0.520. The molecule has 5 heteroatoms. The SMILES string of the molecule is Cc1nnc(CN2CCCC3(CCNCC3)C2)s1. The van der Waals surface area contributed by atoms with E-state index in [0.717, 1.165) is 11.6 Å². The molecule has 0 saturated carbocycles. The summed E-state index contributed by atoms with van der Waals surface area (Å²) in [6.07, 6.45) is 5.45. The molecule has 3 heterocycles. The molecule has 100 valence electrons. The zero-order valence-electron chi connectivity index (χ0n) is 11.1. The smallest absolute Gasteiger partial charge is 0.131 e. The van der Waals surface area contributed by atoms with Crippen LogP contribution >= 0.6 is 11.3 Å². The van der Waals surface area contributed by atoms with E-state index in [-0.39, 0.29) is 0 Å². The van der Waals surface area contributed by atoms with E-state index in [1.165, 1.54) is 56.9 Å². The minimum Gasteiger partial charge on any atom is -0.317 e. The van der Waals surface area contributed by atoms with E-state index in [2.05, 4.69) is 20.4 Å². The molecule has 2 fully saturated rings. The molecule has 0 radical (unpaired) electrons. The Labute approximate surface area is 113 Å². The monoisotopic (exact) mass is 266 g/mol. The van der Waals surface area contributed by atoms with Crippen LogP contribution in [0.15, 0.2) is 0 Å². The van der Waals surface area contributed by atoms with Crippen molar-refractivity contribution in [3.05, 3.63) is 10.0 Å². The molecule has 2 saturated heterocycles. The first kappa shape index (κ1) is 12.5. The number of piperidine rings is 2. The van der Waals surface area contributed by atoms with Crippen LogP contribution in [0, 0.1) is 12.3 Å². The fourth-order valence-electron chi connectivity index (χ4n) is 3.40. The van der Waals surface area contributed by atoms with Crippen LogP contribution in [0.2, 0.25) is 0 Å². The lowest BCUT2D eigenvalue weighted by Crippen LogP contribution is -2.48. The van der Waals surface area contributed by atoms with E-state index in [4.69, 9.17) is 0 Å². The minimum absolute atomic E-state index is 0.587. The van der Waals surface area contributed by atoms with Gasteiger partial charge in [0.25, 0.3) is 0 Å². The highest BCUT2D eigenvalue weighted by molar-refractivity contribution is 7.11. The van der Waals surface area contributed by atoms with E-state index in [0.29, 0.717) is 5.41 Å². The number of nitrogens with one attached hydrogen (secondary N) is 1. The first-order valence-corrected chi connectivity index (χ1v) is 7.80. The molecule has 1 spiro atoms. The number of likely N-dealkylation sites (tertiary alicyclic amines) is 1. The molecule has 1 aromatic rings. The first-order valence-electron chi connectivity index (χ1n) is 6.98. The number of aromatic nitrogens is 2.